The van der Waals surface area contributed by atoms with Crippen LogP contribution >= 0.6 is 0 Å². The molecule has 0 saturated carbocycles. The van der Waals surface area contributed by atoms with Gasteiger partial charge in [-0.3, -0.25) is 4.79 Å². The Balaban J connectivity index is 1.74. The van der Waals surface area contributed by atoms with Gasteiger partial charge in [-0.25, -0.2) is 14.6 Å². The summed E-state index contributed by atoms with van der Waals surface area (Å²) in [5.41, 5.74) is 7.96. The van der Waals surface area contributed by atoms with Crippen molar-refractivity contribution in [1.82, 2.24) is 24.8 Å². The van der Waals surface area contributed by atoms with E-state index in [1.807, 2.05) is 24.3 Å². The number of rotatable bonds is 8. The number of ketones is 1. The predicted molar refractivity (Wildman–Crippen MR) is 108 cm³/mol. The third-order valence-electron chi connectivity index (χ3n) is 4.35. The highest BCUT2D eigenvalue weighted by Crippen LogP contribution is 2.28. The van der Waals surface area contributed by atoms with Gasteiger partial charge in [-0.1, -0.05) is 12.1 Å². The first-order chi connectivity index (χ1) is 14.2. The molecule has 0 aliphatic carbocycles. The first-order valence-electron chi connectivity index (χ1n) is 8.93. The van der Waals surface area contributed by atoms with Gasteiger partial charge in [0, 0.05) is 18.3 Å². The molecule has 3 heterocycles. The monoisotopic (exact) mass is 390 g/mol. The summed E-state index contributed by atoms with van der Waals surface area (Å²) in [5, 5.41) is 18.1. The van der Waals surface area contributed by atoms with Crippen LogP contribution < -0.4 is 11.1 Å². The van der Waals surface area contributed by atoms with Crippen molar-refractivity contribution in [2.45, 2.75) is 13.0 Å². The van der Waals surface area contributed by atoms with Gasteiger partial charge in [0.2, 0.25) is 5.82 Å². The number of aromatic nitrogens is 5. The molecule has 1 aromatic carbocycles. The second-order valence-electron chi connectivity index (χ2n) is 6.29. The summed E-state index contributed by atoms with van der Waals surface area (Å²) < 4.78 is 6.68. The van der Waals surface area contributed by atoms with E-state index in [1.165, 1.54) is 12.4 Å². The molecule has 4 rings (SSSR count). The van der Waals surface area contributed by atoms with Crippen molar-refractivity contribution in [2.75, 3.05) is 17.6 Å². The van der Waals surface area contributed by atoms with Crippen molar-refractivity contribution in [3.63, 3.8) is 0 Å². The third kappa shape index (κ3) is 3.68. The van der Waals surface area contributed by atoms with Gasteiger partial charge in [0.15, 0.2) is 17.3 Å². The summed E-state index contributed by atoms with van der Waals surface area (Å²) in [6.07, 6.45) is 3.29. The number of nitrogens with two attached hydrogens (primary N) is 1. The molecule has 0 aliphatic heterocycles. The molecular weight excluding hydrogens is 372 g/mol. The van der Waals surface area contributed by atoms with Crippen LogP contribution in [0.4, 0.5) is 11.6 Å². The highest BCUT2D eigenvalue weighted by molar-refractivity contribution is 5.97. The zero-order valence-corrected chi connectivity index (χ0v) is 15.4. The summed E-state index contributed by atoms with van der Waals surface area (Å²) in [7, 11) is 0. The number of Topliss-reactive ketones (excluding diaryl/α,β-unsaturated/α-hetero) is 1. The lowest BCUT2D eigenvalue weighted by Crippen LogP contribution is -2.13. The Bertz CT molecular complexity index is 1160. The summed E-state index contributed by atoms with van der Waals surface area (Å²) >= 11 is 0. The van der Waals surface area contributed by atoms with Crippen LogP contribution in [-0.2, 0) is 6.54 Å². The number of hydrogen-bond donors (Lipinski definition) is 3. The van der Waals surface area contributed by atoms with Crippen molar-refractivity contribution in [3.8, 4) is 11.5 Å². The molecule has 0 unspecified atom stereocenters. The maximum absolute atomic E-state index is 12.9. The number of nitrogen functional groups attached to an aromatic ring is 1. The van der Waals surface area contributed by atoms with Crippen molar-refractivity contribution in [3.05, 3.63) is 48.2 Å². The Labute approximate surface area is 165 Å². The number of benzene rings is 1. The highest BCUT2D eigenvalue weighted by atomic mass is 16.6. The number of carbonyl (C=O) groups excluding carboxylic acids is 1. The molecule has 3 aromatic heterocycles. The Morgan fingerprint density at radius 2 is 2.10 bits per heavy atom. The van der Waals surface area contributed by atoms with E-state index in [9.17, 15) is 4.79 Å². The van der Waals surface area contributed by atoms with Crippen molar-refractivity contribution in [2.24, 2.45) is 0 Å². The van der Waals surface area contributed by atoms with Crippen LogP contribution in [0.15, 0.2) is 47.2 Å². The standard InChI is InChI=1S/C19H18N8O2/c20-8-3-9-22-18-17(25-29-26-18)19-24-13-4-1-2-5-14(13)27(19)11-15(28)12-6-7-16(21)23-10-12/h1-2,4-8,10,20H,3,9,11H2,(H2,21,23)(H,22,26). The molecule has 0 saturated heterocycles. The second-order valence-corrected chi connectivity index (χ2v) is 6.29. The van der Waals surface area contributed by atoms with E-state index in [4.69, 9.17) is 15.8 Å². The lowest BCUT2D eigenvalue weighted by atomic mass is 10.2. The zero-order valence-electron chi connectivity index (χ0n) is 15.4. The van der Waals surface area contributed by atoms with Crippen molar-refractivity contribution in [1.29, 1.82) is 5.41 Å². The first kappa shape index (κ1) is 18.3. The van der Waals surface area contributed by atoms with Gasteiger partial charge in [-0.15, -0.1) is 0 Å². The summed E-state index contributed by atoms with van der Waals surface area (Å²) in [6.45, 7) is 0.537. The Kier molecular flexibility index (Phi) is 4.97. The number of fused-ring (bicyclic) bond motifs is 1. The average molecular weight is 390 g/mol. The average Bonchev–Trinajstić information content (AvgIpc) is 3.33. The van der Waals surface area contributed by atoms with Gasteiger partial charge in [0.1, 0.15) is 5.82 Å². The lowest BCUT2D eigenvalue weighted by molar-refractivity contribution is 0.0973. The van der Waals surface area contributed by atoms with Crippen molar-refractivity contribution < 1.29 is 9.42 Å². The quantitative estimate of drug-likeness (QED) is 0.236. The maximum Gasteiger partial charge on any atom is 0.202 e. The number of para-hydroxylation sites is 2. The normalized spacial score (nSPS) is 10.9. The number of nitrogens with one attached hydrogen (secondary N) is 2. The number of hydrogen-bond acceptors (Lipinski definition) is 9. The molecule has 4 N–H and O–H groups in total. The molecular formula is C19H18N8O2. The second kappa shape index (κ2) is 7.89. The maximum atomic E-state index is 12.9. The first-order valence-corrected chi connectivity index (χ1v) is 8.93. The molecule has 0 amide bonds. The minimum absolute atomic E-state index is 0.0360. The number of imidazole rings is 1. The van der Waals surface area contributed by atoms with Gasteiger partial charge < -0.3 is 21.0 Å². The van der Waals surface area contributed by atoms with E-state index in [0.29, 0.717) is 41.7 Å². The van der Waals surface area contributed by atoms with E-state index >= 15 is 0 Å². The number of pyridine rings is 1. The summed E-state index contributed by atoms with van der Waals surface area (Å²) in [6, 6.07) is 10.7. The Morgan fingerprint density at radius 3 is 2.90 bits per heavy atom. The summed E-state index contributed by atoms with van der Waals surface area (Å²) in [4.78, 5) is 21.5. The van der Waals surface area contributed by atoms with Crippen LogP contribution in [0, 0.1) is 5.41 Å². The molecule has 0 fully saturated rings. The van der Waals surface area contributed by atoms with Crippen LogP contribution in [0.3, 0.4) is 0 Å². The number of nitrogens with zero attached hydrogens (tertiary/aromatic N) is 5. The molecule has 10 heteroatoms. The van der Waals surface area contributed by atoms with Crippen LogP contribution in [-0.4, -0.2) is 43.4 Å². The van der Waals surface area contributed by atoms with E-state index in [0.717, 1.165) is 11.0 Å². The van der Waals surface area contributed by atoms with Gasteiger partial charge in [0.25, 0.3) is 0 Å². The van der Waals surface area contributed by atoms with E-state index in [1.54, 1.807) is 16.7 Å². The van der Waals surface area contributed by atoms with Crippen LogP contribution in [0.2, 0.25) is 0 Å². The Morgan fingerprint density at radius 1 is 1.24 bits per heavy atom. The molecule has 0 aliphatic rings. The van der Waals surface area contributed by atoms with Crippen LogP contribution in [0.1, 0.15) is 16.8 Å². The minimum Gasteiger partial charge on any atom is -0.384 e. The van der Waals surface area contributed by atoms with Crippen LogP contribution in [0.5, 0.6) is 0 Å². The van der Waals surface area contributed by atoms with E-state index in [-0.39, 0.29) is 12.3 Å². The molecule has 0 spiro atoms. The molecule has 4 aromatic rings. The molecule has 146 valence electrons. The fourth-order valence-electron chi connectivity index (χ4n) is 2.94. The predicted octanol–water partition coefficient (Wildman–Crippen LogP) is 2.40. The van der Waals surface area contributed by atoms with E-state index in [2.05, 4.69) is 25.6 Å². The largest absolute Gasteiger partial charge is 0.384 e. The topological polar surface area (TPSA) is 149 Å². The summed E-state index contributed by atoms with van der Waals surface area (Å²) in [5.74, 6) is 1.08. The fraction of sp³-hybridized carbons (Fsp3) is 0.158. The molecule has 0 radical (unpaired) electrons. The molecule has 10 nitrogen and oxygen atoms in total. The molecule has 0 atom stereocenters. The SMILES string of the molecule is N=CCCNc1nonc1-c1nc2ccccc2n1CC(=O)c1ccc(N)nc1. The number of anilines is 2. The fourth-order valence-corrected chi connectivity index (χ4v) is 2.94. The van der Waals surface area contributed by atoms with Gasteiger partial charge in [-0.05, 0) is 47.2 Å². The lowest BCUT2D eigenvalue weighted by Gasteiger charge is -2.08. The molecule has 29 heavy (non-hydrogen) atoms. The van der Waals surface area contributed by atoms with Gasteiger partial charge in [-0.2, -0.15) is 0 Å². The van der Waals surface area contributed by atoms with Crippen molar-refractivity contribution >= 4 is 34.7 Å². The van der Waals surface area contributed by atoms with Crippen LogP contribution in [0.25, 0.3) is 22.6 Å². The van der Waals surface area contributed by atoms with Gasteiger partial charge in [0.05, 0.1) is 17.6 Å². The zero-order chi connectivity index (χ0) is 20.2. The van der Waals surface area contributed by atoms with E-state index < -0.39 is 0 Å². The minimum atomic E-state index is -0.142. The number of carbonyl (C=O) groups is 1. The molecule has 0 bridgehead atoms. The Hall–Kier alpha value is -4.08. The third-order valence-corrected chi connectivity index (χ3v) is 4.35. The van der Waals surface area contributed by atoms with Gasteiger partial charge >= 0.3 is 0 Å². The highest BCUT2D eigenvalue weighted by Gasteiger charge is 2.22. The smallest absolute Gasteiger partial charge is 0.202 e.